The van der Waals surface area contributed by atoms with E-state index in [0.717, 1.165) is 27.8 Å². The Morgan fingerprint density at radius 2 is 1.74 bits per heavy atom. The topological polar surface area (TPSA) is 71.0 Å². The van der Waals surface area contributed by atoms with Gasteiger partial charge in [0.1, 0.15) is 16.1 Å². The molecule has 0 bridgehead atoms. The number of hydrogen-bond donors (Lipinski definition) is 1. The van der Waals surface area contributed by atoms with E-state index in [1.807, 2.05) is 43.4 Å². The monoisotopic (exact) mass is 449 g/mol. The van der Waals surface area contributed by atoms with Gasteiger partial charge in [-0.25, -0.2) is 9.97 Å². The van der Waals surface area contributed by atoms with Gasteiger partial charge in [-0.15, -0.1) is 0 Å². The summed E-state index contributed by atoms with van der Waals surface area (Å²) < 4.78 is 0.916. The number of rotatable bonds is 9. The molecule has 0 saturated heterocycles. The van der Waals surface area contributed by atoms with Crippen LogP contribution in [0.2, 0.25) is 0 Å². The quantitative estimate of drug-likeness (QED) is 0.305. The van der Waals surface area contributed by atoms with Crippen LogP contribution >= 0.6 is 23.1 Å². The molecule has 1 N–H and O–H groups in total. The van der Waals surface area contributed by atoms with Crippen molar-refractivity contribution in [1.82, 2.24) is 20.3 Å². The Balaban J connectivity index is 1.35. The van der Waals surface area contributed by atoms with Crippen molar-refractivity contribution in [1.29, 1.82) is 0 Å². The number of amides is 1. The summed E-state index contributed by atoms with van der Waals surface area (Å²) >= 11 is 2.98. The summed E-state index contributed by atoms with van der Waals surface area (Å²) in [6.07, 6.45) is 2.33. The van der Waals surface area contributed by atoms with Crippen LogP contribution in [0.3, 0.4) is 0 Å². The molecule has 0 fully saturated rings. The predicted molar refractivity (Wildman–Crippen MR) is 128 cm³/mol. The fraction of sp³-hybridized carbons (Fsp3) is 0.217. The Morgan fingerprint density at radius 1 is 1.03 bits per heavy atom. The molecule has 0 aliphatic carbocycles. The number of hydrogen-bond acceptors (Lipinski definition) is 7. The molecule has 4 rings (SSSR count). The smallest absolute Gasteiger partial charge is 0.230 e. The zero-order valence-electron chi connectivity index (χ0n) is 17.2. The first-order valence-electron chi connectivity index (χ1n) is 9.99. The first-order chi connectivity index (χ1) is 15.2. The minimum Gasteiger partial charge on any atom is -0.355 e. The van der Waals surface area contributed by atoms with Gasteiger partial charge in [-0.1, -0.05) is 83.8 Å². The molecule has 2 aromatic carbocycles. The highest BCUT2D eigenvalue weighted by Gasteiger charge is 2.15. The standard InChI is InChI=1S/C23H23N5OS2/c1-28(14-18-10-6-3-7-11-18)23-27-21-20(31-23)22(26-16-25-21)30-15-19(29)24-13-12-17-8-4-2-5-9-17/h2-11,16H,12-15H2,1H3,(H,24,29). The highest BCUT2D eigenvalue weighted by Crippen LogP contribution is 2.33. The van der Waals surface area contributed by atoms with Gasteiger partial charge in [0.25, 0.3) is 0 Å². The number of thiazole rings is 1. The average Bonchev–Trinajstić information content (AvgIpc) is 3.24. The number of nitrogens with one attached hydrogen (secondary N) is 1. The van der Waals surface area contributed by atoms with E-state index >= 15 is 0 Å². The maximum Gasteiger partial charge on any atom is 0.230 e. The number of aromatic nitrogens is 3. The van der Waals surface area contributed by atoms with Crippen molar-refractivity contribution in [2.45, 2.75) is 18.0 Å². The van der Waals surface area contributed by atoms with E-state index in [1.165, 1.54) is 29.2 Å². The predicted octanol–water partition coefficient (Wildman–Crippen LogP) is 4.17. The Kier molecular flexibility index (Phi) is 7.11. The third-order valence-corrected chi connectivity index (χ3v) is 6.94. The van der Waals surface area contributed by atoms with Crippen LogP contribution in [0.5, 0.6) is 0 Å². The largest absolute Gasteiger partial charge is 0.355 e. The molecule has 2 heterocycles. The molecule has 2 aromatic heterocycles. The summed E-state index contributed by atoms with van der Waals surface area (Å²) in [5.74, 6) is 0.312. The zero-order valence-corrected chi connectivity index (χ0v) is 18.8. The van der Waals surface area contributed by atoms with Crippen molar-refractivity contribution in [3.63, 3.8) is 0 Å². The third kappa shape index (κ3) is 5.80. The molecule has 0 atom stereocenters. The summed E-state index contributed by atoms with van der Waals surface area (Å²) in [7, 11) is 2.02. The van der Waals surface area contributed by atoms with Crippen molar-refractivity contribution in [2.75, 3.05) is 24.2 Å². The van der Waals surface area contributed by atoms with E-state index in [9.17, 15) is 4.79 Å². The molecule has 0 unspecified atom stereocenters. The van der Waals surface area contributed by atoms with E-state index in [1.54, 1.807) is 11.3 Å². The highest BCUT2D eigenvalue weighted by molar-refractivity contribution is 8.00. The van der Waals surface area contributed by atoms with E-state index in [4.69, 9.17) is 0 Å². The Bertz CT molecular complexity index is 1130. The molecule has 0 spiro atoms. The minimum absolute atomic E-state index is 0.00127. The Hall–Kier alpha value is -2.97. The van der Waals surface area contributed by atoms with Crippen molar-refractivity contribution >= 4 is 44.5 Å². The molecule has 0 saturated carbocycles. The van der Waals surface area contributed by atoms with E-state index < -0.39 is 0 Å². The molecular formula is C23H23N5OS2. The highest BCUT2D eigenvalue weighted by atomic mass is 32.2. The molecule has 0 aliphatic heterocycles. The summed E-state index contributed by atoms with van der Waals surface area (Å²) in [6, 6.07) is 20.4. The second-order valence-electron chi connectivity index (χ2n) is 7.04. The van der Waals surface area contributed by atoms with Gasteiger partial charge in [-0.2, -0.15) is 4.98 Å². The second kappa shape index (κ2) is 10.4. The molecule has 4 aromatic rings. The van der Waals surface area contributed by atoms with Gasteiger partial charge in [0, 0.05) is 20.1 Å². The maximum absolute atomic E-state index is 12.3. The number of anilines is 1. The normalized spacial score (nSPS) is 10.9. The molecule has 158 valence electrons. The van der Waals surface area contributed by atoms with Crippen LogP contribution in [0.1, 0.15) is 11.1 Å². The van der Waals surface area contributed by atoms with E-state index in [2.05, 4.69) is 49.4 Å². The van der Waals surface area contributed by atoms with E-state index in [0.29, 0.717) is 17.9 Å². The van der Waals surface area contributed by atoms with Crippen LogP contribution in [-0.2, 0) is 17.8 Å². The Labute approximate surface area is 189 Å². The van der Waals surface area contributed by atoms with Crippen LogP contribution in [0, 0.1) is 0 Å². The van der Waals surface area contributed by atoms with Crippen LogP contribution in [0.25, 0.3) is 10.3 Å². The molecule has 6 nitrogen and oxygen atoms in total. The summed E-state index contributed by atoms with van der Waals surface area (Å²) in [5, 5.41) is 4.65. The molecular weight excluding hydrogens is 426 g/mol. The first kappa shape index (κ1) is 21.3. The van der Waals surface area contributed by atoms with Crippen molar-refractivity contribution < 1.29 is 4.79 Å². The molecule has 1 amide bonds. The lowest BCUT2D eigenvalue weighted by atomic mass is 10.1. The number of thioether (sulfide) groups is 1. The minimum atomic E-state index is -0.00127. The van der Waals surface area contributed by atoms with Crippen molar-refractivity contribution in [2.24, 2.45) is 0 Å². The number of fused-ring (bicyclic) bond motifs is 1. The van der Waals surface area contributed by atoms with Crippen LogP contribution in [0.15, 0.2) is 72.0 Å². The molecule has 0 aliphatic rings. The van der Waals surface area contributed by atoms with Gasteiger partial charge in [-0.3, -0.25) is 4.79 Å². The lowest BCUT2D eigenvalue weighted by Gasteiger charge is -2.15. The number of carbonyl (C=O) groups is 1. The lowest BCUT2D eigenvalue weighted by Crippen LogP contribution is -2.27. The summed E-state index contributed by atoms with van der Waals surface area (Å²) in [6.45, 7) is 1.39. The number of nitrogens with zero attached hydrogens (tertiary/aromatic N) is 4. The summed E-state index contributed by atoms with van der Waals surface area (Å²) in [4.78, 5) is 27.7. The van der Waals surface area contributed by atoms with Crippen molar-refractivity contribution in [3.05, 3.63) is 78.1 Å². The van der Waals surface area contributed by atoms with Gasteiger partial charge >= 0.3 is 0 Å². The number of benzene rings is 2. The molecule has 8 heteroatoms. The zero-order chi connectivity index (χ0) is 21.5. The van der Waals surface area contributed by atoms with Crippen LogP contribution in [0.4, 0.5) is 5.13 Å². The fourth-order valence-electron chi connectivity index (χ4n) is 3.09. The summed E-state index contributed by atoms with van der Waals surface area (Å²) in [5.41, 5.74) is 3.10. The molecule has 31 heavy (non-hydrogen) atoms. The average molecular weight is 450 g/mol. The second-order valence-corrected chi connectivity index (χ2v) is 8.99. The van der Waals surface area contributed by atoms with Crippen LogP contribution in [-0.4, -0.2) is 40.2 Å². The van der Waals surface area contributed by atoms with Gasteiger partial charge < -0.3 is 10.2 Å². The van der Waals surface area contributed by atoms with Crippen LogP contribution < -0.4 is 10.2 Å². The van der Waals surface area contributed by atoms with Gasteiger partial charge in [0.15, 0.2) is 10.8 Å². The fourth-order valence-corrected chi connectivity index (χ4v) is 4.97. The third-order valence-electron chi connectivity index (χ3n) is 4.66. The maximum atomic E-state index is 12.3. The first-order valence-corrected chi connectivity index (χ1v) is 11.8. The van der Waals surface area contributed by atoms with Gasteiger partial charge in [0.2, 0.25) is 5.91 Å². The van der Waals surface area contributed by atoms with Crippen molar-refractivity contribution in [3.8, 4) is 0 Å². The van der Waals surface area contributed by atoms with E-state index in [-0.39, 0.29) is 5.91 Å². The van der Waals surface area contributed by atoms with Gasteiger partial charge in [-0.05, 0) is 17.5 Å². The SMILES string of the molecule is CN(Cc1ccccc1)c1nc2ncnc(SCC(=O)NCCc3ccccc3)c2s1. The number of carbonyl (C=O) groups excluding carboxylic acids is 1. The van der Waals surface area contributed by atoms with Gasteiger partial charge in [0.05, 0.1) is 5.75 Å². The molecule has 0 radical (unpaired) electrons. The lowest BCUT2D eigenvalue weighted by molar-refractivity contribution is -0.118. The Morgan fingerprint density at radius 3 is 2.48 bits per heavy atom.